The highest BCUT2D eigenvalue weighted by Gasteiger charge is 2.31. The Morgan fingerprint density at radius 2 is 1.95 bits per heavy atom. The lowest BCUT2D eigenvalue weighted by molar-refractivity contribution is -0.141. The Labute approximate surface area is 127 Å². The highest BCUT2D eigenvalue weighted by Crippen LogP contribution is 2.28. The van der Waals surface area contributed by atoms with E-state index in [0.29, 0.717) is 17.3 Å². The summed E-state index contributed by atoms with van der Waals surface area (Å²) in [7, 11) is 0. The highest BCUT2D eigenvalue weighted by molar-refractivity contribution is 9.10. The van der Waals surface area contributed by atoms with E-state index in [4.69, 9.17) is 11.6 Å². The van der Waals surface area contributed by atoms with Gasteiger partial charge in [-0.3, -0.25) is 0 Å². The van der Waals surface area contributed by atoms with Crippen LogP contribution in [-0.2, 0) is 12.7 Å². The van der Waals surface area contributed by atoms with Crippen molar-refractivity contribution >= 4 is 33.2 Å². The molecule has 106 valence electrons. The van der Waals surface area contributed by atoms with E-state index in [2.05, 4.69) is 26.2 Å². The molecular weight excluding hydrogens is 357 g/mol. The number of rotatable bonds is 3. The molecule has 0 atom stereocenters. The van der Waals surface area contributed by atoms with Crippen LogP contribution in [0.3, 0.4) is 0 Å². The lowest BCUT2D eigenvalue weighted by Gasteiger charge is -2.10. The number of nitrogens with one attached hydrogen (secondary N) is 1. The summed E-state index contributed by atoms with van der Waals surface area (Å²) in [6, 6.07) is 7.62. The average molecular weight is 366 g/mol. The topological polar surface area (TPSA) is 24.9 Å². The molecule has 0 bridgehead atoms. The quantitative estimate of drug-likeness (QED) is 0.816. The number of nitrogens with zero attached hydrogens (tertiary/aromatic N) is 1. The third kappa shape index (κ3) is 3.86. The highest BCUT2D eigenvalue weighted by atomic mass is 79.9. The van der Waals surface area contributed by atoms with E-state index in [-0.39, 0.29) is 0 Å². The van der Waals surface area contributed by atoms with Crippen molar-refractivity contribution in [1.29, 1.82) is 0 Å². The summed E-state index contributed by atoms with van der Waals surface area (Å²) in [6.45, 7) is 0.449. The number of aromatic nitrogens is 1. The molecule has 0 aliphatic carbocycles. The van der Waals surface area contributed by atoms with Gasteiger partial charge in [-0.2, -0.15) is 13.2 Å². The number of alkyl halides is 3. The fraction of sp³-hybridized carbons (Fsp3) is 0.154. The molecule has 0 radical (unpaired) electrons. The smallest absolute Gasteiger partial charge is 0.380 e. The monoisotopic (exact) mass is 364 g/mol. The van der Waals surface area contributed by atoms with Crippen molar-refractivity contribution in [2.45, 2.75) is 12.7 Å². The first-order valence-electron chi connectivity index (χ1n) is 5.57. The zero-order chi connectivity index (χ0) is 14.8. The Balaban J connectivity index is 2.04. The lowest BCUT2D eigenvalue weighted by Crippen LogP contribution is -2.08. The van der Waals surface area contributed by atoms with Crippen molar-refractivity contribution in [3.05, 3.63) is 57.3 Å². The Morgan fingerprint density at radius 3 is 2.50 bits per heavy atom. The minimum atomic E-state index is -4.42. The Bertz CT molecular complexity index is 600. The summed E-state index contributed by atoms with van der Waals surface area (Å²) >= 11 is 9.20. The second-order valence-electron chi connectivity index (χ2n) is 4.02. The normalized spacial score (nSPS) is 11.4. The molecule has 0 amide bonds. The summed E-state index contributed by atoms with van der Waals surface area (Å²) in [5.74, 6) is 0. The van der Waals surface area contributed by atoms with Gasteiger partial charge in [0.2, 0.25) is 0 Å². The van der Waals surface area contributed by atoms with Crippen molar-refractivity contribution in [3.8, 4) is 0 Å². The second-order valence-corrected chi connectivity index (χ2v) is 5.31. The zero-order valence-electron chi connectivity index (χ0n) is 10.0. The number of benzene rings is 1. The van der Waals surface area contributed by atoms with Crippen LogP contribution in [0.2, 0.25) is 5.02 Å². The minimum Gasteiger partial charge on any atom is -0.380 e. The van der Waals surface area contributed by atoms with E-state index in [0.717, 1.165) is 22.3 Å². The number of pyridine rings is 1. The number of anilines is 1. The molecule has 7 heteroatoms. The van der Waals surface area contributed by atoms with Gasteiger partial charge in [-0.1, -0.05) is 33.6 Å². The molecule has 1 heterocycles. The summed E-state index contributed by atoms with van der Waals surface area (Å²) in [4.78, 5) is 3.38. The summed E-state index contributed by atoms with van der Waals surface area (Å²) in [5.41, 5.74) is 0.546. The van der Waals surface area contributed by atoms with Crippen LogP contribution in [0, 0.1) is 0 Å². The molecule has 0 saturated carbocycles. The second kappa shape index (κ2) is 6.01. The minimum absolute atomic E-state index is 0.449. The van der Waals surface area contributed by atoms with Crippen molar-refractivity contribution < 1.29 is 13.2 Å². The van der Waals surface area contributed by atoms with Gasteiger partial charge in [0.05, 0.1) is 11.9 Å². The Hall–Kier alpha value is -1.27. The molecule has 1 N–H and O–H groups in total. The van der Waals surface area contributed by atoms with Gasteiger partial charge in [0.25, 0.3) is 0 Å². The van der Waals surface area contributed by atoms with Gasteiger partial charge < -0.3 is 5.32 Å². The fourth-order valence-corrected chi connectivity index (χ4v) is 2.35. The molecule has 1 aromatic heterocycles. The van der Waals surface area contributed by atoms with Gasteiger partial charge in [0, 0.05) is 16.0 Å². The van der Waals surface area contributed by atoms with E-state index in [1.165, 1.54) is 6.07 Å². The molecule has 2 nitrogen and oxygen atoms in total. The van der Waals surface area contributed by atoms with Crippen molar-refractivity contribution in [2.75, 3.05) is 5.32 Å². The van der Waals surface area contributed by atoms with E-state index < -0.39 is 11.9 Å². The van der Waals surface area contributed by atoms with Crippen LogP contribution in [0.25, 0.3) is 0 Å². The molecule has 2 rings (SSSR count). The van der Waals surface area contributed by atoms with E-state index in [1.54, 1.807) is 12.1 Å². The first kappa shape index (κ1) is 15.1. The van der Waals surface area contributed by atoms with Crippen LogP contribution < -0.4 is 5.32 Å². The van der Waals surface area contributed by atoms with Gasteiger partial charge in [0.1, 0.15) is 5.69 Å². The van der Waals surface area contributed by atoms with Gasteiger partial charge in [-0.15, -0.1) is 0 Å². The molecule has 1 aromatic carbocycles. The van der Waals surface area contributed by atoms with Crippen LogP contribution >= 0.6 is 27.5 Å². The van der Waals surface area contributed by atoms with E-state index in [9.17, 15) is 13.2 Å². The Kier molecular flexibility index (Phi) is 4.55. The summed E-state index contributed by atoms with van der Waals surface area (Å²) < 4.78 is 37.9. The van der Waals surface area contributed by atoms with Crippen LogP contribution in [0.15, 0.2) is 41.0 Å². The third-order valence-corrected chi connectivity index (χ3v) is 3.53. The molecule has 0 spiro atoms. The van der Waals surface area contributed by atoms with Crippen molar-refractivity contribution in [2.24, 2.45) is 0 Å². The first-order chi connectivity index (χ1) is 9.36. The third-order valence-electron chi connectivity index (χ3n) is 2.55. The number of hydrogen-bond acceptors (Lipinski definition) is 2. The van der Waals surface area contributed by atoms with Gasteiger partial charge in [-0.05, 0) is 29.8 Å². The first-order valence-corrected chi connectivity index (χ1v) is 6.74. The van der Waals surface area contributed by atoms with Crippen LogP contribution in [0.5, 0.6) is 0 Å². The van der Waals surface area contributed by atoms with Crippen molar-refractivity contribution in [3.63, 3.8) is 0 Å². The molecule has 0 saturated heterocycles. The van der Waals surface area contributed by atoms with Crippen LogP contribution in [-0.4, -0.2) is 4.98 Å². The maximum atomic E-state index is 12.4. The molecule has 0 aliphatic rings. The maximum absolute atomic E-state index is 12.4. The standard InChI is InChI=1S/C13H9BrClF3N2/c14-11-5-9(15)2-1-8(11)6-19-10-3-4-12(20-7-10)13(16,17)18/h1-5,7,19H,6H2. The molecular formula is C13H9BrClF3N2. The fourth-order valence-electron chi connectivity index (χ4n) is 1.53. The van der Waals surface area contributed by atoms with Crippen molar-refractivity contribution in [1.82, 2.24) is 4.98 Å². The SMILES string of the molecule is FC(F)(F)c1ccc(NCc2ccc(Cl)cc2Br)cn1. The maximum Gasteiger partial charge on any atom is 0.433 e. The average Bonchev–Trinajstić information content (AvgIpc) is 2.37. The largest absolute Gasteiger partial charge is 0.433 e. The van der Waals surface area contributed by atoms with Gasteiger partial charge in [-0.25, -0.2) is 4.98 Å². The molecule has 2 aromatic rings. The lowest BCUT2D eigenvalue weighted by atomic mass is 10.2. The predicted octanol–water partition coefficient (Wildman–Crippen LogP) is 5.13. The predicted molar refractivity (Wildman–Crippen MR) is 75.7 cm³/mol. The van der Waals surface area contributed by atoms with Crippen LogP contribution in [0.4, 0.5) is 18.9 Å². The number of halogens is 5. The van der Waals surface area contributed by atoms with Gasteiger partial charge in [0.15, 0.2) is 0 Å². The molecule has 20 heavy (non-hydrogen) atoms. The van der Waals surface area contributed by atoms with Gasteiger partial charge >= 0.3 is 6.18 Å². The molecule has 0 fully saturated rings. The number of hydrogen-bond donors (Lipinski definition) is 1. The zero-order valence-corrected chi connectivity index (χ0v) is 12.4. The van der Waals surface area contributed by atoms with Crippen LogP contribution in [0.1, 0.15) is 11.3 Å². The summed E-state index contributed by atoms with van der Waals surface area (Å²) in [6.07, 6.45) is -3.26. The van der Waals surface area contributed by atoms with E-state index >= 15 is 0 Å². The summed E-state index contributed by atoms with van der Waals surface area (Å²) in [5, 5.41) is 3.61. The molecule has 0 aliphatic heterocycles. The Morgan fingerprint density at radius 1 is 1.20 bits per heavy atom. The van der Waals surface area contributed by atoms with E-state index in [1.807, 2.05) is 6.07 Å². The molecule has 0 unspecified atom stereocenters.